The highest BCUT2D eigenvalue weighted by Crippen LogP contribution is 2.22. The van der Waals surface area contributed by atoms with E-state index >= 15 is 0 Å². The van der Waals surface area contributed by atoms with Gasteiger partial charge in [-0.15, -0.1) is 11.3 Å². The Labute approximate surface area is 115 Å². The summed E-state index contributed by atoms with van der Waals surface area (Å²) >= 11 is 1.57. The van der Waals surface area contributed by atoms with Gasteiger partial charge in [0.1, 0.15) is 5.69 Å². The number of methoxy groups -OCH3 is 2. The van der Waals surface area contributed by atoms with Crippen molar-refractivity contribution in [3.63, 3.8) is 0 Å². The monoisotopic (exact) mass is 283 g/mol. The SMILES string of the molecule is COC(=O)CCCNCc1c(OC)nc2sccn12. The van der Waals surface area contributed by atoms with Crippen molar-refractivity contribution < 1.29 is 14.3 Å². The van der Waals surface area contributed by atoms with Gasteiger partial charge in [-0.25, -0.2) is 0 Å². The van der Waals surface area contributed by atoms with Crippen LogP contribution in [0.2, 0.25) is 0 Å². The van der Waals surface area contributed by atoms with E-state index in [0.29, 0.717) is 18.8 Å². The minimum absolute atomic E-state index is 0.177. The van der Waals surface area contributed by atoms with Crippen LogP contribution in [0, 0.1) is 0 Å². The standard InChI is InChI=1S/C12H17N3O3S/c1-17-10(16)4-3-5-13-8-9-11(18-2)14-12-15(9)6-7-19-12/h6-7,13H,3-5,8H2,1-2H3. The number of imidazole rings is 1. The maximum absolute atomic E-state index is 11.0. The van der Waals surface area contributed by atoms with Gasteiger partial charge in [-0.1, -0.05) is 0 Å². The zero-order valence-corrected chi connectivity index (χ0v) is 11.8. The van der Waals surface area contributed by atoms with Gasteiger partial charge in [-0.3, -0.25) is 9.20 Å². The molecule has 0 aliphatic heterocycles. The van der Waals surface area contributed by atoms with Crippen molar-refractivity contribution in [2.75, 3.05) is 20.8 Å². The van der Waals surface area contributed by atoms with Gasteiger partial charge in [0, 0.05) is 24.5 Å². The van der Waals surface area contributed by atoms with E-state index in [2.05, 4.69) is 15.0 Å². The summed E-state index contributed by atoms with van der Waals surface area (Å²) in [5, 5.41) is 5.27. The van der Waals surface area contributed by atoms with Crippen LogP contribution in [0.15, 0.2) is 11.6 Å². The number of thiazole rings is 1. The van der Waals surface area contributed by atoms with E-state index in [0.717, 1.165) is 23.6 Å². The van der Waals surface area contributed by atoms with E-state index in [9.17, 15) is 4.79 Å². The van der Waals surface area contributed by atoms with Crippen LogP contribution in [0.5, 0.6) is 5.88 Å². The van der Waals surface area contributed by atoms with Crippen molar-refractivity contribution in [2.45, 2.75) is 19.4 Å². The van der Waals surface area contributed by atoms with Crippen LogP contribution in [0.3, 0.4) is 0 Å². The number of fused-ring (bicyclic) bond motifs is 1. The summed E-state index contributed by atoms with van der Waals surface area (Å²) in [6.45, 7) is 1.40. The molecule has 0 bridgehead atoms. The molecule has 0 fully saturated rings. The molecule has 0 aliphatic carbocycles. The first-order valence-electron chi connectivity index (χ1n) is 6.02. The predicted molar refractivity (Wildman–Crippen MR) is 72.6 cm³/mol. The molecule has 0 radical (unpaired) electrons. The molecule has 0 amide bonds. The highest BCUT2D eigenvalue weighted by atomic mass is 32.1. The first-order valence-corrected chi connectivity index (χ1v) is 6.90. The maximum Gasteiger partial charge on any atom is 0.305 e. The summed E-state index contributed by atoms with van der Waals surface area (Å²) in [7, 11) is 3.02. The lowest BCUT2D eigenvalue weighted by Crippen LogP contribution is -2.17. The van der Waals surface area contributed by atoms with Crippen LogP contribution in [0.25, 0.3) is 4.96 Å². The molecule has 0 unspecified atom stereocenters. The second kappa shape index (κ2) is 6.53. The highest BCUT2D eigenvalue weighted by Gasteiger charge is 2.12. The van der Waals surface area contributed by atoms with Crippen molar-refractivity contribution in [2.24, 2.45) is 0 Å². The Morgan fingerprint density at radius 2 is 2.37 bits per heavy atom. The van der Waals surface area contributed by atoms with Crippen LogP contribution in [-0.4, -0.2) is 36.1 Å². The Hall–Kier alpha value is -1.60. The average molecular weight is 283 g/mol. The molecule has 6 nitrogen and oxygen atoms in total. The number of hydrogen-bond acceptors (Lipinski definition) is 6. The lowest BCUT2D eigenvalue weighted by Gasteiger charge is -2.05. The Morgan fingerprint density at radius 3 is 3.11 bits per heavy atom. The maximum atomic E-state index is 11.0. The van der Waals surface area contributed by atoms with Crippen molar-refractivity contribution in [3.8, 4) is 5.88 Å². The molecule has 0 atom stereocenters. The molecule has 0 aliphatic rings. The molecule has 0 saturated carbocycles. The van der Waals surface area contributed by atoms with E-state index in [-0.39, 0.29) is 5.97 Å². The highest BCUT2D eigenvalue weighted by molar-refractivity contribution is 7.15. The summed E-state index contributed by atoms with van der Waals surface area (Å²) in [5.74, 6) is 0.469. The first-order chi connectivity index (χ1) is 9.26. The number of nitrogens with zero attached hydrogens (tertiary/aromatic N) is 2. The first kappa shape index (κ1) is 13.8. The number of ether oxygens (including phenoxy) is 2. The van der Waals surface area contributed by atoms with Crippen molar-refractivity contribution >= 4 is 22.3 Å². The van der Waals surface area contributed by atoms with E-state index in [1.54, 1.807) is 18.4 Å². The fraction of sp³-hybridized carbons (Fsp3) is 0.500. The fourth-order valence-corrected chi connectivity index (χ4v) is 2.53. The third-order valence-electron chi connectivity index (χ3n) is 2.77. The van der Waals surface area contributed by atoms with Gasteiger partial charge in [0.2, 0.25) is 5.88 Å². The lowest BCUT2D eigenvalue weighted by atomic mass is 10.3. The van der Waals surface area contributed by atoms with Crippen LogP contribution in [0.1, 0.15) is 18.5 Å². The van der Waals surface area contributed by atoms with Crippen molar-refractivity contribution in [1.29, 1.82) is 0 Å². The van der Waals surface area contributed by atoms with Gasteiger partial charge in [-0.2, -0.15) is 4.98 Å². The summed E-state index contributed by atoms with van der Waals surface area (Å²) in [4.78, 5) is 16.3. The number of esters is 1. The molecule has 2 aromatic rings. The zero-order chi connectivity index (χ0) is 13.7. The van der Waals surface area contributed by atoms with E-state index in [4.69, 9.17) is 4.74 Å². The second-order valence-corrected chi connectivity index (χ2v) is 4.85. The molecule has 0 aromatic carbocycles. The number of aromatic nitrogens is 2. The van der Waals surface area contributed by atoms with Gasteiger partial charge in [0.25, 0.3) is 0 Å². The average Bonchev–Trinajstić information content (AvgIpc) is 2.99. The van der Waals surface area contributed by atoms with Gasteiger partial charge in [0.05, 0.1) is 14.2 Å². The molecule has 1 N–H and O–H groups in total. The largest absolute Gasteiger partial charge is 0.480 e. The molecule has 2 aromatic heterocycles. The number of nitrogens with one attached hydrogen (secondary N) is 1. The Balaban J connectivity index is 1.87. The minimum atomic E-state index is -0.177. The molecular weight excluding hydrogens is 266 g/mol. The minimum Gasteiger partial charge on any atom is -0.480 e. The lowest BCUT2D eigenvalue weighted by molar-refractivity contribution is -0.140. The Kier molecular flexibility index (Phi) is 4.75. The van der Waals surface area contributed by atoms with Crippen LogP contribution >= 0.6 is 11.3 Å². The predicted octanol–water partition coefficient (Wildman–Crippen LogP) is 1.45. The Bertz CT molecular complexity index is 549. The van der Waals surface area contributed by atoms with Gasteiger partial charge < -0.3 is 14.8 Å². The third-order valence-corrected chi connectivity index (χ3v) is 3.53. The molecule has 19 heavy (non-hydrogen) atoms. The Morgan fingerprint density at radius 1 is 1.53 bits per heavy atom. The quantitative estimate of drug-likeness (QED) is 0.615. The van der Waals surface area contributed by atoms with Crippen molar-refractivity contribution in [3.05, 3.63) is 17.3 Å². The summed E-state index contributed by atoms with van der Waals surface area (Å²) in [6, 6.07) is 0. The van der Waals surface area contributed by atoms with Crippen LogP contribution < -0.4 is 10.1 Å². The smallest absolute Gasteiger partial charge is 0.305 e. The number of carbonyl (C=O) groups is 1. The summed E-state index contributed by atoms with van der Waals surface area (Å²) in [5.41, 5.74) is 0.997. The molecule has 2 rings (SSSR count). The molecular formula is C12H17N3O3S. The third kappa shape index (κ3) is 3.24. The van der Waals surface area contributed by atoms with Crippen LogP contribution in [-0.2, 0) is 16.1 Å². The number of hydrogen-bond donors (Lipinski definition) is 1. The summed E-state index contributed by atoms with van der Waals surface area (Å²) in [6.07, 6.45) is 3.16. The topological polar surface area (TPSA) is 64.9 Å². The van der Waals surface area contributed by atoms with Gasteiger partial charge in [-0.05, 0) is 13.0 Å². The number of rotatable bonds is 7. The van der Waals surface area contributed by atoms with Crippen LogP contribution in [0.4, 0.5) is 0 Å². The normalized spacial score (nSPS) is 10.8. The molecule has 7 heteroatoms. The summed E-state index contributed by atoms with van der Waals surface area (Å²) < 4.78 is 11.9. The van der Waals surface area contributed by atoms with Gasteiger partial charge in [0.15, 0.2) is 4.96 Å². The zero-order valence-electron chi connectivity index (χ0n) is 11.0. The molecule has 104 valence electrons. The number of carbonyl (C=O) groups excluding carboxylic acids is 1. The van der Waals surface area contributed by atoms with E-state index < -0.39 is 0 Å². The fourth-order valence-electron chi connectivity index (χ4n) is 1.80. The molecule has 0 spiro atoms. The van der Waals surface area contributed by atoms with Crippen molar-refractivity contribution in [1.82, 2.24) is 14.7 Å². The van der Waals surface area contributed by atoms with E-state index in [1.807, 2.05) is 16.0 Å². The van der Waals surface area contributed by atoms with E-state index in [1.165, 1.54) is 7.11 Å². The molecule has 2 heterocycles. The molecule has 0 saturated heterocycles. The second-order valence-electron chi connectivity index (χ2n) is 3.98. The van der Waals surface area contributed by atoms with Gasteiger partial charge >= 0.3 is 5.97 Å².